The summed E-state index contributed by atoms with van der Waals surface area (Å²) in [6.07, 6.45) is -0.349. The summed E-state index contributed by atoms with van der Waals surface area (Å²) in [6, 6.07) is 5.02. The smallest absolute Gasteiger partial charge is 0.269 e. The van der Waals surface area contributed by atoms with E-state index in [1.54, 1.807) is 18.2 Å². The number of benzene rings is 1. The molecule has 1 atom stereocenters. The van der Waals surface area contributed by atoms with Gasteiger partial charge in [0.05, 0.1) is 37.5 Å². The van der Waals surface area contributed by atoms with Crippen LogP contribution >= 0.6 is 0 Å². The molecule has 0 fully saturated rings. The summed E-state index contributed by atoms with van der Waals surface area (Å²) < 4.78 is 19.6. The molecule has 6 heteroatoms. The molecule has 0 radical (unpaired) electrons. The van der Waals surface area contributed by atoms with Gasteiger partial charge in [0.15, 0.2) is 0 Å². The maximum absolute atomic E-state index is 13.2. The predicted octanol–water partition coefficient (Wildman–Crippen LogP) is 0.735. The molecule has 0 aliphatic heterocycles. The number of aliphatic hydroxyl groups is 1. The number of fused-ring (bicyclic) bond motifs is 1. The van der Waals surface area contributed by atoms with Gasteiger partial charge in [0, 0.05) is 6.07 Å². The van der Waals surface area contributed by atoms with E-state index in [0.29, 0.717) is 16.8 Å². The summed E-state index contributed by atoms with van der Waals surface area (Å²) in [5.74, 6) is 0.558. The number of aliphatic hydroxyl groups excluding tert-OH is 1. The molecule has 0 aliphatic rings. The van der Waals surface area contributed by atoms with Crippen LogP contribution in [0.3, 0.4) is 0 Å². The van der Waals surface area contributed by atoms with Crippen molar-refractivity contribution in [2.75, 3.05) is 13.7 Å². The van der Waals surface area contributed by atoms with Crippen LogP contribution in [0.25, 0.3) is 11.0 Å². The number of methoxy groups -OCH3 is 1. The summed E-state index contributed by atoms with van der Waals surface area (Å²) >= 11 is 0. The van der Waals surface area contributed by atoms with Crippen LogP contribution in [-0.2, 0) is 6.54 Å². The fourth-order valence-electron chi connectivity index (χ4n) is 1.71. The monoisotopic (exact) mass is 252 g/mol. The third-order valence-corrected chi connectivity index (χ3v) is 2.63. The fourth-order valence-corrected chi connectivity index (χ4v) is 1.71. The fraction of sp³-hybridized carbons (Fsp3) is 0.333. The topological polar surface area (TPSA) is 64.3 Å². The average Bonchev–Trinajstić information content (AvgIpc) is 2.41. The van der Waals surface area contributed by atoms with Crippen LogP contribution in [0, 0.1) is 0 Å². The van der Waals surface area contributed by atoms with E-state index in [4.69, 9.17) is 9.84 Å². The van der Waals surface area contributed by atoms with Gasteiger partial charge >= 0.3 is 0 Å². The minimum atomic E-state index is -1.49. The highest BCUT2D eigenvalue weighted by atomic mass is 19.1. The van der Waals surface area contributed by atoms with Crippen molar-refractivity contribution < 1.29 is 14.2 Å². The number of hydrogen-bond donors (Lipinski definition) is 1. The van der Waals surface area contributed by atoms with Gasteiger partial charge in [0.2, 0.25) is 0 Å². The highest BCUT2D eigenvalue weighted by Crippen LogP contribution is 2.18. The Morgan fingerprint density at radius 1 is 1.56 bits per heavy atom. The Morgan fingerprint density at radius 3 is 3.00 bits per heavy atom. The molecule has 0 bridgehead atoms. The van der Waals surface area contributed by atoms with Crippen molar-refractivity contribution in [2.45, 2.75) is 12.7 Å². The zero-order chi connectivity index (χ0) is 13.1. The molecule has 1 aromatic carbocycles. The van der Waals surface area contributed by atoms with Crippen LogP contribution in [0.15, 0.2) is 29.2 Å². The minimum absolute atomic E-state index is 0.207. The van der Waals surface area contributed by atoms with Crippen LogP contribution in [0.2, 0.25) is 0 Å². The summed E-state index contributed by atoms with van der Waals surface area (Å²) in [5, 5.41) is 8.73. The predicted molar refractivity (Wildman–Crippen MR) is 64.5 cm³/mol. The lowest BCUT2D eigenvalue weighted by atomic mass is 10.2. The number of rotatable bonds is 4. The van der Waals surface area contributed by atoms with E-state index in [1.807, 2.05) is 0 Å². The van der Waals surface area contributed by atoms with Gasteiger partial charge in [-0.3, -0.25) is 4.79 Å². The first-order valence-corrected chi connectivity index (χ1v) is 5.44. The van der Waals surface area contributed by atoms with E-state index in [2.05, 4.69) is 4.98 Å². The van der Waals surface area contributed by atoms with Gasteiger partial charge < -0.3 is 14.4 Å². The van der Waals surface area contributed by atoms with Crippen LogP contribution in [0.1, 0.15) is 0 Å². The Hall–Kier alpha value is -1.95. The van der Waals surface area contributed by atoms with Crippen molar-refractivity contribution >= 4 is 11.0 Å². The van der Waals surface area contributed by atoms with Crippen molar-refractivity contribution in [3.05, 3.63) is 34.7 Å². The first kappa shape index (κ1) is 12.5. The second-order valence-corrected chi connectivity index (χ2v) is 3.84. The molecule has 0 spiro atoms. The number of ether oxygens (including phenoxy) is 1. The number of halogens is 1. The number of alkyl halides is 1. The molecule has 1 N–H and O–H groups in total. The molecule has 0 aliphatic carbocycles. The van der Waals surface area contributed by atoms with Crippen molar-refractivity contribution in [1.29, 1.82) is 0 Å². The Morgan fingerprint density at radius 2 is 2.33 bits per heavy atom. The molecular formula is C12H13FN2O3. The molecule has 0 saturated carbocycles. The molecule has 1 unspecified atom stereocenters. The van der Waals surface area contributed by atoms with Gasteiger partial charge in [-0.1, -0.05) is 0 Å². The molecule has 5 nitrogen and oxygen atoms in total. The molecule has 18 heavy (non-hydrogen) atoms. The molecule has 0 saturated heterocycles. The number of hydrogen-bond acceptors (Lipinski definition) is 4. The highest BCUT2D eigenvalue weighted by Gasteiger charge is 2.11. The lowest BCUT2D eigenvalue weighted by Gasteiger charge is -2.12. The van der Waals surface area contributed by atoms with Gasteiger partial charge in [-0.15, -0.1) is 0 Å². The molecule has 0 amide bonds. The normalized spacial score (nSPS) is 12.6. The number of nitrogens with zero attached hydrogens (tertiary/aromatic N) is 2. The van der Waals surface area contributed by atoms with Crippen molar-refractivity contribution in [3.63, 3.8) is 0 Å². The minimum Gasteiger partial charge on any atom is -0.497 e. The van der Waals surface area contributed by atoms with Gasteiger partial charge in [0.1, 0.15) is 11.9 Å². The third-order valence-electron chi connectivity index (χ3n) is 2.63. The second kappa shape index (κ2) is 5.14. The Bertz CT molecular complexity index is 612. The summed E-state index contributed by atoms with van der Waals surface area (Å²) in [7, 11) is 1.51. The van der Waals surface area contributed by atoms with Gasteiger partial charge in [0.25, 0.3) is 5.56 Å². The van der Waals surface area contributed by atoms with Crippen molar-refractivity contribution in [3.8, 4) is 5.75 Å². The van der Waals surface area contributed by atoms with E-state index in [9.17, 15) is 9.18 Å². The average molecular weight is 252 g/mol. The van der Waals surface area contributed by atoms with Crippen LogP contribution in [0.5, 0.6) is 5.75 Å². The standard InChI is InChI=1S/C12H13FN2O3/c1-18-9-2-3-10-11(4-9)15(6-8(13)7-16)12(17)5-14-10/h2-5,8,16H,6-7H2,1H3. The first-order valence-electron chi connectivity index (χ1n) is 5.44. The number of aromatic nitrogens is 2. The van der Waals surface area contributed by atoms with Crippen LogP contribution < -0.4 is 10.3 Å². The zero-order valence-electron chi connectivity index (χ0n) is 9.84. The second-order valence-electron chi connectivity index (χ2n) is 3.84. The van der Waals surface area contributed by atoms with E-state index < -0.39 is 18.3 Å². The van der Waals surface area contributed by atoms with Gasteiger partial charge in [-0.05, 0) is 12.1 Å². The SMILES string of the molecule is COc1ccc2ncc(=O)n(CC(F)CO)c2c1. The summed E-state index contributed by atoms with van der Waals surface area (Å²) in [6.45, 7) is -0.832. The van der Waals surface area contributed by atoms with E-state index in [1.165, 1.54) is 11.7 Å². The largest absolute Gasteiger partial charge is 0.497 e. The van der Waals surface area contributed by atoms with Crippen LogP contribution in [0.4, 0.5) is 4.39 Å². The van der Waals surface area contributed by atoms with Crippen LogP contribution in [-0.4, -0.2) is 34.5 Å². The zero-order valence-corrected chi connectivity index (χ0v) is 9.84. The van der Waals surface area contributed by atoms with E-state index in [-0.39, 0.29) is 6.54 Å². The molecule has 2 rings (SSSR count). The maximum atomic E-state index is 13.2. The Kier molecular flexibility index (Phi) is 3.57. The van der Waals surface area contributed by atoms with E-state index >= 15 is 0 Å². The molecule has 1 aromatic heterocycles. The molecule has 96 valence electrons. The summed E-state index contributed by atoms with van der Waals surface area (Å²) in [5.41, 5.74) is 0.644. The van der Waals surface area contributed by atoms with Crippen molar-refractivity contribution in [1.82, 2.24) is 9.55 Å². The van der Waals surface area contributed by atoms with Gasteiger partial charge in [-0.25, -0.2) is 9.37 Å². The Labute approximate surface area is 102 Å². The lowest BCUT2D eigenvalue weighted by molar-refractivity contribution is 0.162. The van der Waals surface area contributed by atoms with E-state index in [0.717, 1.165) is 6.20 Å². The first-order chi connectivity index (χ1) is 8.65. The van der Waals surface area contributed by atoms with Gasteiger partial charge in [-0.2, -0.15) is 0 Å². The lowest BCUT2D eigenvalue weighted by Crippen LogP contribution is -2.26. The summed E-state index contributed by atoms with van der Waals surface area (Å²) in [4.78, 5) is 15.7. The highest BCUT2D eigenvalue weighted by molar-refractivity contribution is 5.76. The Balaban J connectivity index is 2.60. The van der Waals surface area contributed by atoms with Crippen molar-refractivity contribution in [2.24, 2.45) is 0 Å². The molecule has 2 aromatic rings. The quantitative estimate of drug-likeness (QED) is 0.871. The molecular weight excluding hydrogens is 239 g/mol. The maximum Gasteiger partial charge on any atom is 0.269 e. The third kappa shape index (κ3) is 2.33. The molecule has 1 heterocycles.